The fourth-order valence-corrected chi connectivity index (χ4v) is 1.94. The molecule has 0 aliphatic heterocycles. The van der Waals surface area contributed by atoms with Gasteiger partial charge >= 0.3 is 0 Å². The van der Waals surface area contributed by atoms with Gasteiger partial charge in [0.1, 0.15) is 5.82 Å². The number of aryl methyl sites for hydroxylation is 1. The Balaban J connectivity index is 2.63. The minimum atomic E-state index is -0.0131. The van der Waals surface area contributed by atoms with Crippen LogP contribution in [-0.2, 0) is 13.0 Å². The molecule has 90 valence electrons. The predicted octanol–water partition coefficient (Wildman–Crippen LogP) is 1.34. The van der Waals surface area contributed by atoms with Gasteiger partial charge in [0.15, 0.2) is 0 Å². The van der Waals surface area contributed by atoms with E-state index in [0.717, 1.165) is 11.3 Å². The van der Waals surface area contributed by atoms with Crippen LogP contribution in [0.2, 0.25) is 0 Å². The molecule has 2 aromatic rings. The lowest BCUT2D eigenvalue weighted by Crippen LogP contribution is -2.25. The fraction of sp³-hybridized carbons (Fsp3) is 0.385. The fourth-order valence-electron chi connectivity index (χ4n) is 1.94. The number of fused-ring (bicyclic) bond motifs is 1. The van der Waals surface area contributed by atoms with E-state index in [9.17, 15) is 4.79 Å². The van der Waals surface area contributed by atoms with Crippen molar-refractivity contribution in [1.82, 2.24) is 9.55 Å². The Kier molecular flexibility index (Phi) is 3.54. The van der Waals surface area contributed by atoms with E-state index in [-0.39, 0.29) is 12.2 Å². The number of benzene rings is 1. The van der Waals surface area contributed by atoms with Gasteiger partial charge in [-0.25, -0.2) is 4.98 Å². The van der Waals surface area contributed by atoms with Gasteiger partial charge in [0.05, 0.1) is 10.9 Å². The molecular formula is C13H16N2O2. The molecule has 1 N–H and O–H groups in total. The van der Waals surface area contributed by atoms with Crippen LogP contribution >= 0.6 is 0 Å². The highest BCUT2D eigenvalue weighted by Gasteiger charge is 2.08. The first kappa shape index (κ1) is 11.8. The minimum absolute atomic E-state index is 0.0131. The third kappa shape index (κ3) is 2.22. The second-order valence-electron chi connectivity index (χ2n) is 3.93. The third-order valence-corrected chi connectivity index (χ3v) is 2.80. The van der Waals surface area contributed by atoms with Gasteiger partial charge in [-0.05, 0) is 18.6 Å². The van der Waals surface area contributed by atoms with Crippen LogP contribution in [0.15, 0.2) is 29.1 Å². The largest absolute Gasteiger partial charge is 0.396 e. The van der Waals surface area contributed by atoms with Crippen LogP contribution in [0.3, 0.4) is 0 Å². The number of aliphatic hydroxyl groups excluding tert-OH is 1. The molecule has 0 aliphatic carbocycles. The van der Waals surface area contributed by atoms with Crippen molar-refractivity contribution in [2.75, 3.05) is 6.61 Å². The van der Waals surface area contributed by atoms with E-state index in [1.54, 1.807) is 10.6 Å². The summed E-state index contributed by atoms with van der Waals surface area (Å²) in [6.07, 6.45) is 1.29. The van der Waals surface area contributed by atoms with Crippen molar-refractivity contribution < 1.29 is 5.11 Å². The van der Waals surface area contributed by atoms with Gasteiger partial charge in [0.25, 0.3) is 5.56 Å². The average Bonchev–Trinajstić information content (AvgIpc) is 2.37. The van der Waals surface area contributed by atoms with Gasteiger partial charge in [-0.1, -0.05) is 19.1 Å². The van der Waals surface area contributed by atoms with E-state index >= 15 is 0 Å². The molecule has 0 radical (unpaired) electrons. The van der Waals surface area contributed by atoms with E-state index in [1.807, 2.05) is 25.1 Å². The second kappa shape index (κ2) is 5.10. The molecule has 0 unspecified atom stereocenters. The number of hydrogen-bond donors (Lipinski definition) is 1. The van der Waals surface area contributed by atoms with E-state index in [2.05, 4.69) is 4.98 Å². The van der Waals surface area contributed by atoms with E-state index in [1.165, 1.54) is 0 Å². The Morgan fingerprint density at radius 1 is 1.35 bits per heavy atom. The Morgan fingerprint density at radius 3 is 2.82 bits per heavy atom. The van der Waals surface area contributed by atoms with Crippen LogP contribution < -0.4 is 5.56 Å². The number of nitrogens with zero attached hydrogens (tertiary/aromatic N) is 2. The Bertz CT molecular complexity index is 575. The molecule has 1 aromatic heterocycles. The summed E-state index contributed by atoms with van der Waals surface area (Å²) in [6, 6.07) is 7.37. The monoisotopic (exact) mass is 232 g/mol. The summed E-state index contributed by atoms with van der Waals surface area (Å²) < 4.78 is 1.67. The van der Waals surface area contributed by atoms with E-state index in [4.69, 9.17) is 5.11 Å². The van der Waals surface area contributed by atoms with Crippen molar-refractivity contribution in [3.05, 3.63) is 40.4 Å². The van der Waals surface area contributed by atoms with Crippen molar-refractivity contribution >= 4 is 10.9 Å². The molecule has 0 amide bonds. The molecule has 4 nitrogen and oxygen atoms in total. The van der Waals surface area contributed by atoms with Crippen molar-refractivity contribution in [1.29, 1.82) is 0 Å². The lowest BCUT2D eigenvalue weighted by atomic mass is 10.2. The average molecular weight is 232 g/mol. The molecule has 2 rings (SSSR count). The van der Waals surface area contributed by atoms with Gasteiger partial charge < -0.3 is 5.11 Å². The van der Waals surface area contributed by atoms with E-state index in [0.29, 0.717) is 24.8 Å². The maximum absolute atomic E-state index is 12.3. The summed E-state index contributed by atoms with van der Waals surface area (Å²) in [5.41, 5.74) is 0.732. The van der Waals surface area contributed by atoms with Gasteiger partial charge in [-0.3, -0.25) is 9.36 Å². The molecule has 0 aliphatic rings. The topological polar surface area (TPSA) is 55.1 Å². The SMILES string of the molecule is CCc1nc2ccccc2c(=O)n1CCCO. The summed E-state index contributed by atoms with van der Waals surface area (Å²) in [4.78, 5) is 16.7. The molecule has 4 heteroatoms. The van der Waals surface area contributed by atoms with Crippen LogP contribution in [0.5, 0.6) is 0 Å². The molecule has 0 bridgehead atoms. The highest BCUT2D eigenvalue weighted by atomic mass is 16.3. The molecule has 17 heavy (non-hydrogen) atoms. The second-order valence-corrected chi connectivity index (χ2v) is 3.93. The first-order valence-corrected chi connectivity index (χ1v) is 5.87. The van der Waals surface area contributed by atoms with Gasteiger partial charge in [-0.2, -0.15) is 0 Å². The number of hydrogen-bond acceptors (Lipinski definition) is 3. The van der Waals surface area contributed by atoms with E-state index < -0.39 is 0 Å². The lowest BCUT2D eigenvalue weighted by Gasteiger charge is -2.11. The molecule has 0 spiro atoms. The van der Waals surface area contributed by atoms with Crippen LogP contribution in [0.25, 0.3) is 10.9 Å². The van der Waals surface area contributed by atoms with Gasteiger partial charge in [-0.15, -0.1) is 0 Å². The van der Waals surface area contributed by atoms with Crippen LogP contribution in [0, 0.1) is 0 Å². The quantitative estimate of drug-likeness (QED) is 0.865. The smallest absolute Gasteiger partial charge is 0.261 e. The summed E-state index contributed by atoms with van der Waals surface area (Å²) in [5.74, 6) is 0.780. The molecule has 1 heterocycles. The normalized spacial score (nSPS) is 10.9. The highest BCUT2D eigenvalue weighted by molar-refractivity contribution is 5.77. The predicted molar refractivity (Wildman–Crippen MR) is 67.1 cm³/mol. The molecule has 0 saturated heterocycles. The van der Waals surface area contributed by atoms with Crippen molar-refractivity contribution in [2.24, 2.45) is 0 Å². The Labute approximate surface area is 99.5 Å². The highest BCUT2D eigenvalue weighted by Crippen LogP contribution is 2.08. The lowest BCUT2D eigenvalue weighted by molar-refractivity contribution is 0.278. The number of aliphatic hydroxyl groups is 1. The molecule has 1 aromatic carbocycles. The van der Waals surface area contributed by atoms with Crippen molar-refractivity contribution in [2.45, 2.75) is 26.3 Å². The zero-order chi connectivity index (χ0) is 12.3. The maximum atomic E-state index is 12.3. The Hall–Kier alpha value is -1.68. The number of para-hydroxylation sites is 1. The molecule has 0 atom stereocenters. The van der Waals surface area contributed by atoms with Crippen LogP contribution in [0.1, 0.15) is 19.2 Å². The van der Waals surface area contributed by atoms with Gasteiger partial charge in [0.2, 0.25) is 0 Å². The zero-order valence-electron chi connectivity index (χ0n) is 9.89. The Morgan fingerprint density at radius 2 is 2.12 bits per heavy atom. The number of aromatic nitrogens is 2. The van der Waals surface area contributed by atoms with Gasteiger partial charge in [0, 0.05) is 19.6 Å². The summed E-state index contributed by atoms with van der Waals surface area (Å²) in [7, 11) is 0. The number of rotatable bonds is 4. The minimum Gasteiger partial charge on any atom is -0.396 e. The standard InChI is InChI=1S/C13H16N2O2/c1-2-12-14-11-7-4-3-6-10(11)13(17)15(12)8-5-9-16/h3-4,6-7,16H,2,5,8-9H2,1H3. The molecular weight excluding hydrogens is 216 g/mol. The zero-order valence-corrected chi connectivity index (χ0v) is 9.89. The molecule has 0 saturated carbocycles. The van der Waals surface area contributed by atoms with Crippen LogP contribution in [0.4, 0.5) is 0 Å². The summed E-state index contributed by atoms with van der Waals surface area (Å²) in [6.45, 7) is 2.59. The first-order valence-electron chi connectivity index (χ1n) is 5.87. The summed E-state index contributed by atoms with van der Waals surface area (Å²) in [5, 5.41) is 9.50. The van der Waals surface area contributed by atoms with Crippen molar-refractivity contribution in [3.8, 4) is 0 Å². The van der Waals surface area contributed by atoms with Crippen molar-refractivity contribution in [3.63, 3.8) is 0 Å². The van der Waals surface area contributed by atoms with Crippen LogP contribution in [-0.4, -0.2) is 21.3 Å². The molecule has 0 fully saturated rings. The summed E-state index contributed by atoms with van der Waals surface area (Å²) >= 11 is 0. The first-order chi connectivity index (χ1) is 8.27. The third-order valence-electron chi connectivity index (χ3n) is 2.80. The maximum Gasteiger partial charge on any atom is 0.261 e.